The summed E-state index contributed by atoms with van der Waals surface area (Å²) in [6.45, 7) is 0.699. The standard InChI is InChI=1S/C18H18N4/c19-9-3-1-5-14-15-11-13(12-20)7-8-16(15)22-18(14)17-6-2-4-10-21-17/h2,4,6-8,10-11,22H,1,3,5,9,19H2. The molecule has 3 aromatic rings. The highest BCUT2D eigenvalue weighted by Crippen LogP contribution is 2.31. The number of nitrogens with one attached hydrogen (secondary N) is 1. The van der Waals surface area contributed by atoms with Crippen molar-refractivity contribution in [2.45, 2.75) is 19.3 Å². The Morgan fingerprint density at radius 3 is 2.82 bits per heavy atom. The van der Waals surface area contributed by atoms with Crippen LogP contribution < -0.4 is 5.73 Å². The lowest BCUT2D eigenvalue weighted by molar-refractivity contribution is 0.748. The number of fused-ring (bicyclic) bond motifs is 1. The van der Waals surface area contributed by atoms with Crippen molar-refractivity contribution in [3.05, 3.63) is 53.7 Å². The highest BCUT2D eigenvalue weighted by molar-refractivity contribution is 5.91. The maximum absolute atomic E-state index is 9.14. The van der Waals surface area contributed by atoms with Crippen molar-refractivity contribution in [3.63, 3.8) is 0 Å². The molecule has 0 amide bonds. The first-order valence-electron chi connectivity index (χ1n) is 7.49. The Morgan fingerprint density at radius 1 is 1.18 bits per heavy atom. The zero-order chi connectivity index (χ0) is 15.4. The van der Waals surface area contributed by atoms with Gasteiger partial charge in [-0.05, 0) is 61.7 Å². The van der Waals surface area contributed by atoms with E-state index in [0.717, 1.165) is 41.6 Å². The monoisotopic (exact) mass is 290 g/mol. The zero-order valence-electron chi connectivity index (χ0n) is 12.3. The number of nitrogens with zero attached hydrogens (tertiary/aromatic N) is 2. The minimum atomic E-state index is 0.680. The van der Waals surface area contributed by atoms with Crippen LogP contribution in [0.2, 0.25) is 0 Å². The predicted molar refractivity (Wildman–Crippen MR) is 88.2 cm³/mol. The summed E-state index contributed by atoms with van der Waals surface area (Å²) >= 11 is 0. The number of unbranched alkanes of at least 4 members (excludes halogenated alkanes) is 1. The van der Waals surface area contributed by atoms with Gasteiger partial charge in [0, 0.05) is 17.1 Å². The first-order valence-corrected chi connectivity index (χ1v) is 7.49. The van der Waals surface area contributed by atoms with Gasteiger partial charge in [-0.3, -0.25) is 4.98 Å². The summed E-state index contributed by atoms with van der Waals surface area (Å²) < 4.78 is 0. The third-order valence-electron chi connectivity index (χ3n) is 3.84. The summed E-state index contributed by atoms with van der Waals surface area (Å²) in [5.74, 6) is 0. The second kappa shape index (κ2) is 6.42. The maximum atomic E-state index is 9.14. The second-order valence-electron chi connectivity index (χ2n) is 5.31. The third-order valence-corrected chi connectivity index (χ3v) is 3.84. The fraction of sp³-hybridized carbons (Fsp3) is 0.222. The number of benzene rings is 1. The molecule has 1 aromatic carbocycles. The summed E-state index contributed by atoms with van der Waals surface area (Å²) in [6, 6.07) is 13.9. The quantitative estimate of drug-likeness (QED) is 0.707. The van der Waals surface area contributed by atoms with Crippen LogP contribution in [-0.2, 0) is 6.42 Å². The van der Waals surface area contributed by atoms with Crippen molar-refractivity contribution in [1.82, 2.24) is 9.97 Å². The Bertz CT molecular complexity index is 812. The molecule has 0 aliphatic rings. The molecule has 0 unspecified atom stereocenters. The summed E-state index contributed by atoms with van der Waals surface area (Å²) in [4.78, 5) is 7.91. The van der Waals surface area contributed by atoms with E-state index in [-0.39, 0.29) is 0 Å². The first-order chi connectivity index (χ1) is 10.8. The van der Waals surface area contributed by atoms with Gasteiger partial charge in [0.25, 0.3) is 0 Å². The molecule has 0 aliphatic carbocycles. The number of nitrogens with two attached hydrogens (primary N) is 1. The van der Waals surface area contributed by atoms with Crippen LogP contribution in [0, 0.1) is 11.3 Å². The van der Waals surface area contributed by atoms with E-state index >= 15 is 0 Å². The Morgan fingerprint density at radius 2 is 2.09 bits per heavy atom. The topological polar surface area (TPSA) is 78.5 Å². The van der Waals surface area contributed by atoms with Gasteiger partial charge in [0.05, 0.1) is 23.0 Å². The number of hydrogen-bond acceptors (Lipinski definition) is 3. The van der Waals surface area contributed by atoms with E-state index in [2.05, 4.69) is 16.0 Å². The highest BCUT2D eigenvalue weighted by Gasteiger charge is 2.14. The molecule has 22 heavy (non-hydrogen) atoms. The fourth-order valence-corrected chi connectivity index (χ4v) is 2.75. The Hall–Kier alpha value is -2.64. The van der Waals surface area contributed by atoms with Gasteiger partial charge in [0.15, 0.2) is 0 Å². The van der Waals surface area contributed by atoms with Crippen molar-refractivity contribution in [2.75, 3.05) is 6.54 Å². The number of aromatic nitrogens is 2. The van der Waals surface area contributed by atoms with Crippen LogP contribution in [0.1, 0.15) is 24.0 Å². The molecule has 0 radical (unpaired) electrons. The smallest absolute Gasteiger partial charge is 0.0991 e. The number of hydrogen-bond donors (Lipinski definition) is 2. The van der Waals surface area contributed by atoms with Crippen molar-refractivity contribution in [1.29, 1.82) is 5.26 Å². The molecule has 3 rings (SSSR count). The fourth-order valence-electron chi connectivity index (χ4n) is 2.75. The second-order valence-corrected chi connectivity index (χ2v) is 5.31. The van der Waals surface area contributed by atoms with Crippen molar-refractivity contribution in [3.8, 4) is 17.5 Å². The van der Waals surface area contributed by atoms with Crippen LogP contribution in [0.3, 0.4) is 0 Å². The Kier molecular flexibility index (Phi) is 4.17. The first kappa shape index (κ1) is 14.3. The van der Waals surface area contributed by atoms with E-state index in [1.165, 1.54) is 5.56 Å². The Balaban J connectivity index is 2.13. The van der Waals surface area contributed by atoms with E-state index in [0.29, 0.717) is 12.1 Å². The van der Waals surface area contributed by atoms with E-state index in [4.69, 9.17) is 11.0 Å². The SMILES string of the molecule is N#Cc1ccc2[nH]c(-c3ccccn3)c(CCCCN)c2c1. The Labute approximate surface area is 129 Å². The molecule has 0 saturated heterocycles. The molecule has 0 aliphatic heterocycles. The summed E-state index contributed by atoms with van der Waals surface area (Å²) in [5, 5.41) is 10.2. The number of pyridine rings is 1. The van der Waals surface area contributed by atoms with Gasteiger partial charge in [-0.1, -0.05) is 6.07 Å². The molecule has 0 spiro atoms. The van der Waals surface area contributed by atoms with Crippen LogP contribution in [-0.4, -0.2) is 16.5 Å². The molecule has 2 aromatic heterocycles. The molecule has 0 saturated carbocycles. The largest absolute Gasteiger partial charge is 0.353 e. The lowest BCUT2D eigenvalue weighted by Crippen LogP contribution is -1.99. The van der Waals surface area contributed by atoms with Gasteiger partial charge in [-0.25, -0.2) is 0 Å². The molecule has 4 nitrogen and oxygen atoms in total. The van der Waals surface area contributed by atoms with Gasteiger partial charge in [0.1, 0.15) is 0 Å². The van der Waals surface area contributed by atoms with Gasteiger partial charge < -0.3 is 10.7 Å². The average Bonchev–Trinajstić information content (AvgIpc) is 2.94. The molecule has 3 N–H and O–H groups in total. The number of aryl methyl sites for hydroxylation is 1. The summed E-state index contributed by atoms with van der Waals surface area (Å²) in [7, 11) is 0. The minimum Gasteiger partial charge on any atom is -0.353 e. The van der Waals surface area contributed by atoms with Crippen LogP contribution in [0.25, 0.3) is 22.3 Å². The van der Waals surface area contributed by atoms with Crippen LogP contribution in [0.15, 0.2) is 42.6 Å². The molecule has 4 heteroatoms. The summed E-state index contributed by atoms with van der Waals surface area (Å²) in [5.41, 5.74) is 10.5. The number of aromatic amines is 1. The normalized spacial score (nSPS) is 10.7. The van der Waals surface area contributed by atoms with Crippen molar-refractivity contribution in [2.24, 2.45) is 5.73 Å². The van der Waals surface area contributed by atoms with Gasteiger partial charge >= 0.3 is 0 Å². The molecule has 110 valence electrons. The summed E-state index contributed by atoms with van der Waals surface area (Å²) in [6.07, 6.45) is 4.75. The zero-order valence-corrected chi connectivity index (χ0v) is 12.3. The molecular formula is C18H18N4. The van der Waals surface area contributed by atoms with E-state index < -0.39 is 0 Å². The van der Waals surface area contributed by atoms with Gasteiger partial charge in [0.2, 0.25) is 0 Å². The minimum absolute atomic E-state index is 0.680. The molecule has 2 heterocycles. The predicted octanol–water partition coefficient (Wildman–Crippen LogP) is 3.38. The number of H-pyrrole nitrogens is 1. The average molecular weight is 290 g/mol. The highest BCUT2D eigenvalue weighted by atomic mass is 14.8. The van der Waals surface area contributed by atoms with E-state index in [1.807, 2.05) is 36.4 Å². The van der Waals surface area contributed by atoms with E-state index in [9.17, 15) is 0 Å². The molecular weight excluding hydrogens is 272 g/mol. The third kappa shape index (κ3) is 2.72. The lowest BCUT2D eigenvalue weighted by Gasteiger charge is -2.04. The van der Waals surface area contributed by atoms with Crippen LogP contribution in [0.5, 0.6) is 0 Å². The van der Waals surface area contributed by atoms with Gasteiger partial charge in [-0.15, -0.1) is 0 Å². The van der Waals surface area contributed by atoms with Crippen LogP contribution >= 0.6 is 0 Å². The number of rotatable bonds is 5. The molecule has 0 atom stereocenters. The van der Waals surface area contributed by atoms with Crippen molar-refractivity contribution < 1.29 is 0 Å². The maximum Gasteiger partial charge on any atom is 0.0991 e. The number of nitriles is 1. The lowest BCUT2D eigenvalue weighted by atomic mass is 10.0. The molecule has 0 bridgehead atoms. The van der Waals surface area contributed by atoms with Crippen LogP contribution in [0.4, 0.5) is 0 Å². The van der Waals surface area contributed by atoms with Gasteiger partial charge in [-0.2, -0.15) is 5.26 Å². The molecule has 0 fully saturated rings. The van der Waals surface area contributed by atoms with Crippen molar-refractivity contribution >= 4 is 10.9 Å². The van der Waals surface area contributed by atoms with E-state index in [1.54, 1.807) is 6.20 Å².